The fourth-order valence-corrected chi connectivity index (χ4v) is 3.40. The number of carbonyl (C=O) groups excluding carboxylic acids is 3. The minimum atomic E-state index is -0.950. The second-order valence-corrected chi connectivity index (χ2v) is 6.50. The van der Waals surface area contributed by atoms with Gasteiger partial charge in [-0.3, -0.25) is 18.8 Å². The van der Waals surface area contributed by atoms with Crippen molar-refractivity contribution in [3.63, 3.8) is 0 Å². The van der Waals surface area contributed by atoms with Gasteiger partial charge in [-0.15, -0.1) is 0 Å². The Balaban J connectivity index is 1.56. The van der Waals surface area contributed by atoms with Crippen LogP contribution in [0, 0.1) is 0 Å². The maximum atomic E-state index is 12.7. The molecule has 1 aliphatic rings. The number of pyridine rings is 1. The summed E-state index contributed by atoms with van der Waals surface area (Å²) >= 11 is 0. The van der Waals surface area contributed by atoms with Gasteiger partial charge in [-0.05, 0) is 30.3 Å². The Morgan fingerprint density at radius 2 is 1.62 bits per heavy atom. The third-order valence-corrected chi connectivity index (χ3v) is 4.85. The molecule has 0 N–H and O–H groups in total. The van der Waals surface area contributed by atoms with E-state index in [9.17, 15) is 19.2 Å². The number of rotatable bonds is 2. The molecule has 0 radical (unpaired) electrons. The van der Waals surface area contributed by atoms with Gasteiger partial charge in [0.2, 0.25) is 0 Å². The summed E-state index contributed by atoms with van der Waals surface area (Å²) in [5.41, 5.74) is 0.669. The molecule has 4 heterocycles. The highest BCUT2D eigenvalue weighted by Gasteiger charge is 2.39. The molecule has 2 amide bonds. The van der Waals surface area contributed by atoms with E-state index in [2.05, 4.69) is 4.98 Å². The Kier molecular flexibility index (Phi) is 3.41. The van der Waals surface area contributed by atoms with Gasteiger partial charge in [-0.1, -0.05) is 23.3 Å². The first kappa shape index (κ1) is 16.9. The fourth-order valence-electron chi connectivity index (χ4n) is 3.40. The summed E-state index contributed by atoms with van der Waals surface area (Å²) in [6.45, 7) is 0. The highest BCUT2D eigenvalue weighted by atomic mass is 16.7. The van der Waals surface area contributed by atoms with Crippen molar-refractivity contribution in [3.8, 4) is 0 Å². The summed E-state index contributed by atoms with van der Waals surface area (Å²) in [6.07, 6.45) is 1.58. The second kappa shape index (κ2) is 5.86. The van der Waals surface area contributed by atoms with E-state index >= 15 is 0 Å². The topological polar surface area (TPSA) is 103 Å². The maximum Gasteiger partial charge on any atom is 0.380 e. The Hall–Kier alpha value is -4.27. The van der Waals surface area contributed by atoms with E-state index in [1.165, 1.54) is 27.2 Å². The number of imide groups is 1. The van der Waals surface area contributed by atoms with Gasteiger partial charge in [0.1, 0.15) is 17.0 Å². The van der Waals surface area contributed by atoms with Crippen molar-refractivity contribution in [3.05, 3.63) is 81.9 Å². The molecule has 0 aliphatic carbocycles. The van der Waals surface area contributed by atoms with Crippen LogP contribution in [0.25, 0.3) is 16.7 Å². The normalized spacial score (nSPS) is 13.3. The molecular weight excluding hydrogens is 376 g/mol. The summed E-state index contributed by atoms with van der Waals surface area (Å²) in [7, 11) is 1.55. The molecule has 1 aromatic carbocycles. The van der Waals surface area contributed by atoms with E-state index in [-0.39, 0.29) is 33.4 Å². The maximum absolute atomic E-state index is 12.7. The molecule has 0 saturated carbocycles. The number of amides is 2. The fraction of sp³-hybridized carbons (Fsp3) is 0.0500. The lowest BCUT2D eigenvalue weighted by Gasteiger charge is -2.12. The molecular formula is C20H12N4O5. The lowest BCUT2D eigenvalue weighted by atomic mass is 10.1. The van der Waals surface area contributed by atoms with Crippen LogP contribution < -0.4 is 5.56 Å². The van der Waals surface area contributed by atoms with Gasteiger partial charge in [0, 0.05) is 13.2 Å². The molecule has 1 aliphatic heterocycles. The monoisotopic (exact) mass is 388 g/mol. The van der Waals surface area contributed by atoms with Gasteiger partial charge in [0.25, 0.3) is 17.4 Å². The molecule has 5 rings (SSSR count). The summed E-state index contributed by atoms with van der Waals surface area (Å²) in [4.78, 5) is 59.7. The van der Waals surface area contributed by atoms with E-state index in [1.807, 2.05) is 0 Å². The molecule has 9 heteroatoms. The van der Waals surface area contributed by atoms with Crippen LogP contribution in [0.1, 0.15) is 31.2 Å². The van der Waals surface area contributed by atoms with Crippen LogP contribution in [0.3, 0.4) is 0 Å². The average molecular weight is 388 g/mol. The Bertz CT molecular complexity index is 1400. The van der Waals surface area contributed by atoms with Crippen molar-refractivity contribution in [2.45, 2.75) is 0 Å². The number of hydrogen-bond donors (Lipinski definition) is 0. The first-order valence-electron chi connectivity index (χ1n) is 8.64. The number of benzene rings is 1. The molecule has 0 fully saturated rings. The molecule has 142 valence electrons. The predicted octanol–water partition coefficient (Wildman–Crippen LogP) is 1.55. The third-order valence-electron chi connectivity index (χ3n) is 4.85. The van der Waals surface area contributed by atoms with Crippen molar-refractivity contribution in [1.82, 2.24) is 19.0 Å². The number of aromatic nitrogens is 3. The van der Waals surface area contributed by atoms with E-state index in [0.29, 0.717) is 10.7 Å². The minimum Gasteiger partial charge on any atom is -0.323 e. The Morgan fingerprint density at radius 3 is 2.31 bits per heavy atom. The molecule has 0 unspecified atom stereocenters. The van der Waals surface area contributed by atoms with Crippen LogP contribution in [-0.2, 0) is 11.9 Å². The zero-order valence-corrected chi connectivity index (χ0v) is 15.0. The van der Waals surface area contributed by atoms with Crippen LogP contribution in [0.15, 0.2) is 59.5 Å². The highest BCUT2D eigenvalue weighted by Crippen LogP contribution is 2.24. The summed E-state index contributed by atoms with van der Waals surface area (Å²) in [5, 5.41) is 0.645. The Labute approximate surface area is 162 Å². The Morgan fingerprint density at radius 1 is 0.966 bits per heavy atom. The standard InChI is InChI=1S/C20H12N4O5/c1-22-14(10-13-16(22)21-15-8-4-5-9-23(15)17(13)25)20(28)29-24-18(26)11-6-2-3-7-12(11)19(24)27/h2-10H,1H3. The lowest BCUT2D eigenvalue weighted by Crippen LogP contribution is -2.33. The van der Waals surface area contributed by atoms with Gasteiger partial charge in [0.05, 0.1) is 16.5 Å². The third kappa shape index (κ3) is 2.30. The van der Waals surface area contributed by atoms with Crippen LogP contribution in [-0.4, -0.2) is 36.8 Å². The molecule has 9 nitrogen and oxygen atoms in total. The zero-order valence-electron chi connectivity index (χ0n) is 15.0. The average Bonchev–Trinajstić information content (AvgIpc) is 3.19. The molecule has 0 bridgehead atoms. The van der Waals surface area contributed by atoms with Gasteiger partial charge < -0.3 is 9.40 Å². The van der Waals surface area contributed by atoms with Crippen LogP contribution in [0.2, 0.25) is 0 Å². The first-order chi connectivity index (χ1) is 14.0. The number of hydrogen-bond acceptors (Lipinski definition) is 6. The minimum absolute atomic E-state index is 0.0166. The number of nitrogens with zero attached hydrogens (tertiary/aromatic N) is 4. The van der Waals surface area contributed by atoms with Gasteiger partial charge in [-0.25, -0.2) is 9.78 Å². The van der Waals surface area contributed by atoms with Crippen LogP contribution in [0.5, 0.6) is 0 Å². The molecule has 4 aromatic rings. The smallest absolute Gasteiger partial charge is 0.323 e. The molecule has 0 saturated heterocycles. The van der Waals surface area contributed by atoms with Gasteiger partial charge in [-0.2, -0.15) is 0 Å². The molecule has 0 atom stereocenters. The molecule has 0 spiro atoms. The van der Waals surface area contributed by atoms with Crippen molar-refractivity contribution in [2.75, 3.05) is 0 Å². The number of hydroxylamine groups is 2. The van der Waals surface area contributed by atoms with Gasteiger partial charge in [0.15, 0.2) is 0 Å². The molecule has 29 heavy (non-hydrogen) atoms. The number of aryl methyl sites for hydroxylation is 1. The van der Waals surface area contributed by atoms with Crippen LogP contribution in [0.4, 0.5) is 0 Å². The number of carbonyl (C=O) groups is 3. The number of fused-ring (bicyclic) bond motifs is 3. The predicted molar refractivity (Wildman–Crippen MR) is 100 cm³/mol. The lowest BCUT2D eigenvalue weighted by molar-refractivity contribution is -0.0590. The largest absolute Gasteiger partial charge is 0.380 e. The second-order valence-electron chi connectivity index (χ2n) is 6.50. The van der Waals surface area contributed by atoms with Crippen molar-refractivity contribution in [1.29, 1.82) is 0 Å². The van der Waals surface area contributed by atoms with E-state index in [1.54, 1.807) is 43.6 Å². The van der Waals surface area contributed by atoms with E-state index < -0.39 is 17.8 Å². The highest BCUT2D eigenvalue weighted by molar-refractivity contribution is 6.21. The SMILES string of the molecule is Cn1c(C(=O)ON2C(=O)c3ccccc3C2=O)cc2c(=O)n3ccccc3nc21. The van der Waals surface area contributed by atoms with Gasteiger partial charge >= 0.3 is 5.97 Å². The van der Waals surface area contributed by atoms with Crippen LogP contribution >= 0.6 is 0 Å². The summed E-state index contributed by atoms with van der Waals surface area (Å²) in [6, 6.07) is 12.6. The summed E-state index contributed by atoms with van der Waals surface area (Å²) < 4.78 is 2.76. The molecule has 3 aromatic heterocycles. The van der Waals surface area contributed by atoms with Crippen molar-refractivity contribution >= 4 is 34.5 Å². The van der Waals surface area contributed by atoms with Crippen molar-refractivity contribution in [2.24, 2.45) is 7.05 Å². The summed E-state index contributed by atoms with van der Waals surface area (Å²) in [5.74, 6) is -2.39. The first-order valence-corrected chi connectivity index (χ1v) is 8.64. The van der Waals surface area contributed by atoms with E-state index in [0.717, 1.165) is 0 Å². The quantitative estimate of drug-likeness (QED) is 0.483. The van der Waals surface area contributed by atoms with Crippen molar-refractivity contribution < 1.29 is 19.2 Å². The van der Waals surface area contributed by atoms with E-state index in [4.69, 9.17) is 4.84 Å². The zero-order chi connectivity index (χ0) is 20.3.